The van der Waals surface area contributed by atoms with Gasteiger partial charge in [-0.05, 0) is 68.4 Å². The summed E-state index contributed by atoms with van der Waals surface area (Å²) in [5.41, 5.74) is 2.26. The lowest BCUT2D eigenvalue weighted by Gasteiger charge is -2.30. The number of benzene rings is 1. The van der Waals surface area contributed by atoms with Crippen molar-refractivity contribution in [2.45, 2.75) is 45.6 Å². The lowest BCUT2D eigenvalue weighted by molar-refractivity contribution is -0.123. The van der Waals surface area contributed by atoms with Crippen LogP contribution in [-0.4, -0.2) is 37.0 Å². The number of amides is 1. The molecule has 1 N–H and O–H groups in total. The van der Waals surface area contributed by atoms with Crippen LogP contribution >= 0.6 is 23.7 Å². The third kappa shape index (κ3) is 6.23. The van der Waals surface area contributed by atoms with Crippen molar-refractivity contribution in [1.29, 1.82) is 0 Å². The molecule has 0 aliphatic carbocycles. The molecule has 0 radical (unpaired) electrons. The number of thiophene rings is 1. The molecule has 3 rings (SSSR count). The first kappa shape index (κ1) is 22.7. The maximum atomic E-state index is 12.4. The van der Waals surface area contributed by atoms with Gasteiger partial charge in [-0.3, -0.25) is 9.69 Å². The van der Waals surface area contributed by atoms with E-state index in [0.717, 1.165) is 24.4 Å². The summed E-state index contributed by atoms with van der Waals surface area (Å²) in [4.78, 5) is 16.2. The van der Waals surface area contributed by atoms with Gasteiger partial charge in [0, 0.05) is 11.4 Å². The molecule has 1 amide bonds. The Bertz CT molecular complexity index is 728. The molecule has 2 heterocycles. The summed E-state index contributed by atoms with van der Waals surface area (Å²) < 4.78 is 5.74. The van der Waals surface area contributed by atoms with Crippen LogP contribution in [0.1, 0.15) is 47.7 Å². The van der Waals surface area contributed by atoms with Gasteiger partial charge in [0.25, 0.3) is 5.91 Å². The minimum atomic E-state index is -0.0627. The van der Waals surface area contributed by atoms with Gasteiger partial charge in [0.15, 0.2) is 6.61 Å². The van der Waals surface area contributed by atoms with E-state index in [-0.39, 0.29) is 31.0 Å². The molecular formula is C22H31ClN2O2S. The molecule has 0 spiro atoms. The van der Waals surface area contributed by atoms with Crippen molar-refractivity contribution in [3.63, 3.8) is 0 Å². The molecule has 154 valence electrons. The normalized spacial score (nSPS) is 15.9. The van der Waals surface area contributed by atoms with Gasteiger partial charge >= 0.3 is 0 Å². The highest BCUT2D eigenvalue weighted by Crippen LogP contribution is 2.27. The first-order valence-corrected chi connectivity index (χ1v) is 10.8. The van der Waals surface area contributed by atoms with Crippen molar-refractivity contribution < 1.29 is 9.53 Å². The van der Waals surface area contributed by atoms with Crippen LogP contribution < -0.4 is 10.1 Å². The van der Waals surface area contributed by atoms with Crippen molar-refractivity contribution in [2.75, 3.05) is 26.2 Å². The first-order chi connectivity index (χ1) is 13.1. The summed E-state index contributed by atoms with van der Waals surface area (Å²) in [5, 5.41) is 5.21. The van der Waals surface area contributed by atoms with Crippen molar-refractivity contribution in [3.05, 3.63) is 51.7 Å². The molecule has 6 heteroatoms. The molecule has 0 saturated carbocycles. The van der Waals surface area contributed by atoms with Gasteiger partial charge in [0.2, 0.25) is 0 Å². The molecule has 1 fully saturated rings. The molecule has 0 bridgehead atoms. The van der Waals surface area contributed by atoms with E-state index >= 15 is 0 Å². The zero-order valence-corrected chi connectivity index (χ0v) is 18.4. The number of carbonyl (C=O) groups is 1. The Kier molecular flexibility index (Phi) is 9.29. The Morgan fingerprint density at radius 3 is 2.57 bits per heavy atom. The lowest BCUT2D eigenvalue weighted by atomic mass is 10.1. The number of hydrogen-bond donors (Lipinski definition) is 1. The quantitative estimate of drug-likeness (QED) is 0.690. The molecule has 4 nitrogen and oxygen atoms in total. The number of halogens is 1. The minimum Gasteiger partial charge on any atom is -0.483 e. The second kappa shape index (κ2) is 11.4. The number of nitrogens with one attached hydrogen (secondary N) is 1. The maximum Gasteiger partial charge on any atom is 0.258 e. The van der Waals surface area contributed by atoms with Crippen molar-refractivity contribution in [3.8, 4) is 5.75 Å². The number of likely N-dealkylation sites (tertiary alicyclic amines) is 1. The van der Waals surface area contributed by atoms with Crippen LogP contribution in [0.4, 0.5) is 0 Å². The van der Waals surface area contributed by atoms with Crippen LogP contribution in [0.15, 0.2) is 35.7 Å². The summed E-state index contributed by atoms with van der Waals surface area (Å²) in [7, 11) is 0. The SMILES string of the molecule is Cc1cccc(OCC(=O)NCC(c2cccs2)N2CCCCCC2)c1C.Cl. The van der Waals surface area contributed by atoms with E-state index < -0.39 is 0 Å². The fourth-order valence-corrected chi connectivity index (χ4v) is 4.44. The Hall–Kier alpha value is -1.56. The molecule has 1 aromatic carbocycles. The molecule has 28 heavy (non-hydrogen) atoms. The van der Waals surface area contributed by atoms with Gasteiger partial charge in [-0.2, -0.15) is 0 Å². The third-order valence-electron chi connectivity index (χ3n) is 5.36. The van der Waals surface area contributed by atoms with E-state index in [1.807, 2.05) is 19.1 Å². The van der Waals surface area contributed by atoms with Gasteiger partial charge in [-0.1, -0.05) is 31.0 Å². The second-order valence-electron chi connectivity index (χ2n) is 7.27. The lowest BCUT2D eigenvalue weighted by Crippen LogP contribution is -2.39. The zero-order chi connectivity index (χ0) is 19.1. The monoisotopic (exact) mass is 422 g/mol. The summed E-state index contributed by atoms with van der Waals surface area (Å²) >= 11 is 1.77. The standard InChI is InChI=1S/C22H30N2O2S.ClH/c1-17-9-7-10-20(18(17)2)26-16-22(25)23-15-19(21-11-8-14-27-21)24-12-5-3-4-6-13-24;/h7-11,14,19H,3-6,12-13,15-16H2,1-2H3,(H,23,25);1H. The van der Waals surface area contributed by atoms with Crippen LogP contribution in [-0.2, 0) is 4.79 Å². The van der Waals surface area contributed by atoms with Gasteiger partial charge in [-0.25, -0.2) is 0 Å². The fourth-order valence-electron chi connectivity index (χ4n) is 3.58. The molecular weight excluding hydrogens is 392 g/mol. The predicted molar refractivity (Wildman–Crippen MR) is 119 cm³/mol. The highest BCUT2D eigenvalue weighted by Gasteiger charge is 2.23. The molecule has 1 unspecified atom stereocenters. The number of rotatable bonds is 7. The number of nitrogens with zero attached hydrogens (tertiary/aromatic N) is 1. The number of aryl methyl sites for hydroxylation is 1. The maximum absolute atomic E-state index is 12.4. The number of carbonyl (C=O) groups excluding carboxylic acids is 1. The van der Waals surface area contributed by atoms with Gasteiger partial charge in [0.05, 0.1) is 6.04 Å². The summed E-state index contributed by atoms with van der Waals surface area (Å²) in [6.07, 6.45) is 5.10. The summed E-state index contributed by atoms with van der Waals surface area (Å²) in [6.45, 7) is 6.98. The van der Waals surface area contributed by atoms with Gasteiger partial charge in [-0.15, -0.1) is 23.7 Å². The Balaban J connectivity index is 0.00000280. The van der Waals surface area contributed by atoms with Gasteiger partial charge in [0.1, 0.15) is 5.75 Å². The smallest absolute Gasteiger partial charge is 0.258 e. The zero-order valence-electron chi connectivity index (χ0n) is 16.8. The summed E-state index contributed by atoms with van der Waals surface area (Å²) in [5.74, 6) is 0.722. The fraction of sp³-hybridized carbons (Fsp3) is 0.500. The van der Waals surface area contributed by atoms with E-state index in [2.05, 4.69) is 40.7 Å². The summed E-state index contributed by atoms with van der Waals surface area (Å²) in [6, 6.07) is 10.5. The van der Waals surface area contributed by atoms with Crippen LogP contribution in [0.2, 0.25) is 0 Å². The molecule has 2 aromatic rings. The molecule has 1 atom stereocenters. The van der Waals surface area contributed by atoms with E-state index in [1.54, 1.807) is 11.3 Å². The predicted octanol–water partition coefficient (Wildman–Crippen LogP) is 4.90. The number of ether oxygens (including phenoxy) is 1. The third-order valence-corrected chi connectivity index (χ3v) is 6.33. The molecule has 1 saturated heterocycles. The van der Waals surface area contributed by atoms with Crippen molar-refractivity contribution >= 4 is 29.7 Å². The van der Waals surface area contributed by atoms with Crippen molar-refractivity contribution in [2.24, 2.45) is 0 Å². The molecule has 1 aliphatic heterocycles. The minimum absolute atomic E-state index is 0. The Labute approximate surface area is 178 Å². The van der Waals surface area contributed by atoms with E-state index in [1.165, 1.54) is 36.1 Å². The van der Waals surface area contributed by atoms with E-state index in [9.17, 15) is 4.79 Å². The molecule has 1 aromatic heterocycles. The van der Waals surface area contributed by atoms with Crippen LogP contribution in [0.5, 0.6) is 5.75 Å². The Morgan fingerprint density at radius 1 is 1.14 bits per heavy atom. The average molecular weight is 423 g/mol. The molecule has 1 aliphatic rings. The van der Waals surface area contributed by atoms with Crippen LogP contribution in [0, 0.1) is 13.8 Å². The highest BCUT2D eigenvalue weighted by molar-refractivity contribution is 7.10. The number of hydrogen-bond acceptors (Lipinski definition) is 4. The largest absolute Gasteiger partial charge is 0.483 e. The van der Waals surface area contributed by atoms with Crippen LogP contribution in [0.25, 0.3) is 0 Å². The second-order valence-corrected chi connectivity index (χ2v) is 8.25. The highest BCUT2D eigenvalue weighted by atomic mass is 35.5. The van der Waals surface area contributed by atoms with E-state index in [0.29, 0.717) is 6.54 Å². The van der Waals surface area contributed by atoms with Gasteiger partial charge < -0.3 is 10.1 Å². The van der Waals surface area contributed by atoms with E-state index in [4.69, 9.17) is 4.74 Å². The first-order valence-electron chi connectivity index (χ1n) is 9.88. The van der Waals surface area contributed by atoms with Crippen LogP contribution in [0.3, 0.4) is 0 Å². The van der Waals surface area contributed by atoms with Crippen molar-refractivity contribution in [1.82, 2.24) is 10.2 Å². The topological polar surface area (TPSA) is 41.6 Å². The average Bonchev–Trinajstić information content (AvgIpc) is 3.06. The Morgan fingerprint density at radius 2 is 1.89 bits per heavy atom.